The molecule has 3 atom stereocenters. The van der Waals surface area contributed by atoms with Crippen molar-refractivity contribution in [3.05, 3.63) is 0 Å². The second kappa shape index (κ2) is 5.32. The van der Waals surface area contributed by atoms with Crippen LogP contribution in [0.3, 0.4) is 0 Å². The summed E-state index contributed by atoms with van der Waals surface area (Å²) in [4.78, 5) is 10.7. The van der Waals surface area contributed by atoms with Crippen LogP contribution in [-0.2, 0) is 11.4 Å². The molecule has 0 bridgehead atoms. The van der Waals surface area contributed by atoms with Gasteiger partial charge in [0, 0.05) is 12.0 Å². The topological polar surface area (TPSA) is 84.8 Å². The number of nitrogens with zero attached hydrogens (tertiary/aromatic N) is 1. The van der Waals surface area contributed by atoms with Gasteiger partial charge in [0.05, 0.1) is 5.71 Å². The molecule has 1 saturated carbocycles. The van der Waals surface area contributed by atoms with Crippen molar-refractivity contribution in [1.82, 2.24) is 5.32 Å². The van der Waals surface area contributed by atoms with Crippen LogP contribution in [0.2, 0.25) is 0 Å². The van der Waals surface area contributed by atoms with E-state index < -0.39 is 17.5 Å². The lowest BCUT2D eigenvalue weighted by Gasteiger charge is -2.51. The molecule has 5 nitrogen and oxygen atoms in total. The third-order valence-electron chi connectivity index (χ3n) is 3.82. The lowest BCUT2D eigenvalue weighted by Crippen LogP contribution is -2.60. The molecule has 0 aliphatic heterocycles. The van der Waals surface area contributed by atoms with E-state index >= 15 is 0 Å². The number of rotatable bonds is 3. The summed E-state index contributed by atoms with van der Waals surface area (Å²) in [5.74, 6) is 0.177. The number of hydrogen-bond donors (Lipinski definition) is 2. The van der Waals surface area contributed by atoms with Crippen LogP contribution in [0.5, 0.6) is 0 Å². The average molecular weight is 288 g/mol. The van der Waals surface area contributed by atoms with Gasteiger partial charge in [-0.1, -0.05) is 18.2 Å². The molecule has 0 aromatic rings. The first-order valence-corrected chi connectivity index (χ1v) is 7.53. The van der Waals surface area contributed by atoms with E-state index in [1.807, 2.05) is 41.5 Å². The summed E-state index contributed by atoms with van der Waals surface area (Å²) in [7, 11) is 0. The zero-order valence-corrected chi connectivity index (χ0v) is 13.3. The van der Waals surface area contributed by atoms with Gasteiger partial charge in [-0.15, -0.1) is 0 Å². The SMILES string of the molecule is C/C(=N\[S@@+]([O-])C(C)(C)C)[C@@H]1C[C@H](NC(=O)O)C1(C)C. The van der Waals surface area contributed by atoms with Gasteiger partial charge in [0.15, 0.2) is 0 Å². The quantitative estimate of drug-likeness (QED) is 0.618. The van der Waals surface area contributed by atoms with Crippen molar-refractivity contribution in [1.29, 1.82) is 0 Å². The first kappa shape index (κ1) is 16.3. The smallest absolute Gasteiger partial charge is 0.404 e. The van der Waals surface area contributed by atoms with E-state index in [0.29, 0.717) is 0 Å². The predicted octanol–water partition coefficient (Wildman–Crippen LogP) is 2.59. The third-order valence-corrected chi connectivity index (χ3v) is 5.32. The lowest BCUT2D eigenvalue weighted by atomic mass is 9.57. The van der Waals surface area contributed by atoms with Crippen molar-refractivity contribution in [3.63, 3.8) is 0 Å². The zero-order valence-electron chi connectivity index (χ0n) is 12.5. The van der Waals surface area contributed by atoms with Crippen molar-refractivity contribution >= 4 is 23.2 Å². The summed E-state index contributed by atoms with van der Waals surface area (Å²) < 4.78 is 15.9. The van der Waals surface area contributed by atoms with Crippen molar-refractivity contribution in [2.75, 3.05) is 0 Å². The summed E-state index contributed by atoms with van der Waals surface area (Å²) in [6.07, 6.45) is -0.278. The Kier molecular flexibility index (Phi) is 4.57. The Bertz CT molecular complexity index is 388. The van der Waals surface area contributed by atoms with Gasteiger partial charge in [0.1, 0.15) is 16.1 Å². The van der Waals surface area contributed by atoms with Gasteiger partial charge >= 0.3 is 6.09 Å². The van der Waals surface area contributed by atoms with Crippen molar-refractivity contribution in [2.24, 2.45) is 15.7 Å². The molecule has 110 valence electrons. The van der Waals surface area contributed by atoms with Crippen LogP contribution in [0.4, 0.5) is 4.79 Å². The van der Waals surface area contributed by atoms with Crippen LogP contribution in [0.1, 0.15) is 48.0 Å². The number of nitrogens with one attached hydrogen (secondary N) is 1. The Morgan fingerprint density at radius 3 is 2.37 bits per heavy atom. The Hall–Kier alpha value is -0.750. The molecule has 2 N–H and O–H groups in total. The monoisotopic (exact) mass is 288 g/mol. The molecule has 19 heavy (non-hydrogen) atoms. The molecule has 0 aromatic heterocycles. The zero-order chi connectivity index (χ0) is 15.0. The van der Waals surface area contributed by atoms with E-state index in [1.54, 1.807) is 0 Å². The van der Waals surface area contributed by atoms with Gasteiger partial charge in [-0.05, 0) is 39.5 Å². The van der Waals surface area contributed by atoms with Crippen LogP contribution >= 0.6 is 0 Å². The van der Waals surface area contributed by atoms with Crippen molar-refractivity contribution < 1.29 is 14.5 Å². The number of amides is 1. The van der Waals surface area contributed by atoms with E-state index in [9.17, 15) is 9.35 Å². The molecule has 1 amide bonds. The molecule has 0 saturated heterocycles. The first-order chi connectivity index (χ1) is 8.46. The van der Waals surface area contributed by atoms with Crippen molar-refractivity contribution in [3.8, 4) is 0 Å². The van der Waals surface area contributed by atoms with Gasteiger partial charge < -0.3 is 15.0 Å². The van der Waals surface area contributed by atoms with Gasteiger partial charge in [0.2, 0.25) is 0 Å². The predicted molar refractivity (Wildman–Crippen MR) is 77.8 cm³/mol. The lowest BCUT2D eigenvalue weighted by molar-refractivity contribution is 0.0597. The summed E-state index contributed by atoms with van der Waals surface area (Å²) in [5.41, 5.74) is 0.662. The van der Waals surface area contributed by atoms with Crippen LogP contribution < -0.4 is 5.32 Å². The van der Waals surface area contributed by atoms with E-state index in [0.717, 1.165) is 12.1 Å². The molecule has 0 unspecified atom stereocenters. The van der Waals surface area contributed by atoms with Crippen LogP contribution in [-0.4, -0.2) is 32.3 Å². The van der Waals surface area contributed by atoms with E-state index in [2.05, 4.69) is 9.71 Å². The molecule has 1 aliphatic rings. The molecule has 0 radical (unpaired) electrons. The summed E-state index contributed by atoms with van der Waals surface area (Å²) in [6, 6.07) is -0.0665. The fourth-order valence-corrected chi connectivity index (χ4v) is 3.02. The molecule has 0 aromatic carbocycles. The van der Waals surface area contributed by atoms with Crippen LogP contribution in [0.25, 0.3) is 0 Å². The first-order valence-electron chi connectivity index (χ1n) is 6.43. The second-order valence-corrected chi connectivity index (χ2v) is 8.61. The van der Waals surface area contributed by atoms with Crippen LogP contribution in [0, 0.1) is 11.3 Å². The summed E-state index contributed by atoms with van der Waals surface area (Å²) in [6.45, 7) is 11.6. The molecule has 1 rings (SSSR count). The normalized spacial score (nSPS) is 28.5. The van der Waals surface area contributed by atoms with Crippen LogP contribution in [0.15, 0.2) is 4.40 Å². The van der Waals surface area contributed by atoms with E-state index in [-0.39, 0.29) is 22.1 Å². The minimum absolute atomic E-state index is 0.0665. The van der Waals surface area contributed by atoms with E-state index in [1.165, 1.54) is 0 Å². The fraction of sp³-hybridized carbons (Fsp3) is 0.846. The van der Waals surface area contributed by atoms with Gasteiger partial charge in [-0.25, -0.2) is 4.79 Å². The molecule has 6 heteroatoms. The maximum atomic E-state index is 12.0. The Morgan fingerprint density at radius 1 is 1.47 bits per heavy atom. The highest BCUT2D eigenvalue weighted by Crippen LogP contribution is 2.47. The molecule has 1 fully saturated rings. The Morgan fingerprint density at radius 2 is 2.00 bits per heavy atom. The van der Waals surface area contributed by atoms with Gasteiger partial charge in [-0.3, -0.25) is 0 Å². The second-order valence-electron chi connectivity index (χ2n) is 6.71. The number of carboxylic acid groups (broad SMARTS) is 1. The molecular formula is C13H24N2O3S. The fourth-order valence-electron chi connectivity index (χ4n) is 2.36. The summed E-state index contributed by atoms with van der Waals surface area (Å²) in [5, 5.41) is 11.3. The molecule has 0 spiro atoms. The molecule has 0 heterocycles. The minimum atomic E-state index is -1.26. The molecular weight excluding hydrogens is 264 g/mol. The number of carbonyl (C=O) groups is 1. The van der Waals surface area contributed by atoms with Crippen molar-refractivity contribution in [2.45, 2.75) is 58.8 Å². The van der Waals surface area contributed by atoms with Gasteiger partial charge in [-0.2, -0.15) is 0 Å². The Balaban J connectivity index is 2.74. The number of hydrogen-bond acceptors (Lipinski definition) is 3. The average Bonchev–Trinajstić information content (AvgIpc) is 2.21. The largest absolute Gasteiger partial charge is 0.591 e. The highest BCUT2D eigenvalue weighted by molar-refractivity contribution is 7.91. The van der Waals surface area contributed by atoms with Gasteiger partial charge in [0.25, 0.3) is 0 Å². The highest BCUT2D eigenvalue weighted by atomic mass is 32.2. The van der Waals surface area contributed by atoms with E-state index in [4.69, 9.17) is 5.11 Å². The third kappa shape index (κ3) is 3.63. The minimum Gasteiger partial charge on any atom is -0.591 e. The maximum Gasteiger partial charge on any atom is 0.404 e. The Labute approximate surface area is 118 Å². The molecule has 1 aliphatic carbocycles. The summed E-state index contributed by atoms with van der Waals surface area (Å²) >= 11 is -1.26. The maximum absolute atomic E-state index is 12.0. The highest BCUT2D eigenvalue weighted by Gasteiger charge is 2.50. The standard InChI is InChI=1S/C13H24N2O3S/c1-8(15-19(18)12(2,3)4)9-7-10(13(9,5)6)14-11(16)17/h9-10,14H,7H2,1-6H3,(H,16,17)/b15-8+/t9-,10-,19-/m0/s1.